The first-order chi connectivity index (χ1) is 14.4. The zero-order valence-corrected chi connectivity index (χ0v) is 17.9. The summed E-state index contributed by atoms with van der Waals surface area (Å²) in [5, 5.41) is 5.11. The molecule has 2 heterocycles. The maximum Gasteiger partial charge on any atom is 0.259 e. The van der Waals surface area contributed by atoms with Crippen molar-refractivity contribution in [1.29, 1.82) is 0 Å². The third kappa shape index (κ3) is 4.08. The first kappa shape index (κ1) is 20.1. The Labute approximate surface area is 181 Å². The number of carbonyl (C=O) groups is 1. The second kappa shape index (κ2) is 8.30. The minimum atomic E-state index is -0.331. The maximum atomic E-state index is 12.7. The van der Waals surface area contributed by atoms with Crippen LogP contribution in [0.2, 0.25) is 5.02 Å². The van der Waals surface area contributed by atoms with Crippen molar-refractivity contribution in [1.82, 2.24) is 9.38 Å². The van der Waals surface area contributed by atoms with E-state index < -0.39 is 0 Å². The van der Waals surface area contributed by atoms with E-state index in [4.69, 9.17) is 16.3 Å². The van der Waals surface area contributed by atoms with Crippen LogP contribution in [0, 0.1) is 13.8 Å². The number of rotatable bonds is 5. The van der Waals surface area contributed by atoms with E-state index in [9.17, 15) is 9.59 Å². The van der Waals surface area contributed by atoms with Gasteiger partial charge in [-0.15, -0.1) is 11.3 Å². The van der Waals surface area contributed by atoms with Gasteiger partial charge in [-0.3, -0.25) is 14.0 Å². The lowest BCUT2D eigenvalue weighted by Gasteiger charge is -2.14. The highest BCUT2D eigenvalue weighted by Crippen LogP contribution is 2.28. The summed E-state index contributed by atoms with van der Waals surface area (Å²) in [5.41, 5.74) is 3.08. The van der Waals surface area contributed by atoms with Crippen molar-refractivity contribution < 1.29 is 9.53 Å². The van der Waals surface area contributed by atoms with Crippen LogP contribution in [-0.2, 0) is 6.61 Å². The largest absolute Gasteiger partial charge is 0.485 e. The van der Waals surface area contributed by atoms with E-state index in [1.165, 1.54) is 17.4 Å². The molecule has 0 aliphatic heterocycles. The number of anilines is 1. The van der Waals surface area contributed by atoms with Gasteiger partial charge in [0.15, 0.2) is 4.96 Å². The zero-order valence-electron chi connectivity index (χ0n) is 16.3. The van der Waals surface area contributed by atoms with Gasteiger partial charge in [-0.25, -0.2) is 4.98 Å². The Hall–Kier alpha value is -3.16. The molecule has 0 atom stereocenters. The van der Waals surface area contributed by atoms with Gasteiger partial charge < -0.3 is 10.1 Å². The fraction of sp³-hybridized carbons (Fsp3) is 0.136. The molecule has 1 N–H and O–H groups in total. The number of carbonyl (C=O) groups excluding carboxylic acids is 1. The maximum absolute atomic E-state index is 12.7. The molecule has 0 aliphatic carbocycles. The third-order valence-corrected chi connectivity index (χ3v) is 5.78. The minimum absolute atomic E-state index is 0.0979. The molecule has 4 rings (SSSR count). The van der Waals surface area contributed by atoms with Crippen molar-refractivity contribution in [3.05, 3.63) is 91.8 Å². The molecule has 0 saturated carbocycles. The van der Waals surface area contributed by atoms with E-state index >= 15 is 0 Å². The first-order valence-corrected chi connectivity index (χ1v) is 10.4. The second-order valence-electron chi connectivity index (χ2n) is 6.80. The van der Waals surface area contributed by atoms with Crippen LogP contribution in [0.15, 0.2) is 58.7 Å². The molecule has 0 unspecified atom stereocenters. The van der Waals surface area contributed by atoms with Crippen molar-refractivity contribution >= 4 is 39.5 Å². The quantitative estimate of drug-likeness (QED) is 0.482. The summed E-state index contributed by atoms with van der Waals surface area (Å²) in [4.78, 5) is 30.1. The molecule has 0 aliphatic rings. The van der Waals surface area contributed by atoms with Crippen LogP contribution in [0.5, 0.6) is 5.75 Å². The molecule has 0 spiro atoms. The summed E-state index contributed by atoms with van der Waals surface area (Å²) in [6.07, 6.45) is 0. The lowest BCUT2D eigenvalue weighted by molar-refractivity contribution is 0.102. The van der Waals surface area contributed by atoms with Gasteiger partial charge in [0.05, 0.1) is 22.0 Å². The molecule has 6 nitrogen and oxygen atoms in total. The molecule has 4 aromatic rings. The molecule has 30 heavy (non-hydrogen) atoms. The van der Waals surface area contributed by atoms with Gasteiger partial charge in [0, 0.05) is 17.1 Å². The van der Waals surface area contributed by atoms with Crippen LogP contribution >= 0.6 is 22.9 Å². The van der Waals surface area contributed by atoms with Gasteiger partial charge in [0.2, 0.25) is 0 Å². The smallest absolute Gasteiger partial charge is 0.259 e. The number of nitrogens with one attached hydrogen (secondary N) is 1. The number of hydrogen-bond donors (Lipinski definition) is 1. The standard InChI is InChI=1S/C22H18ClN3O3S/c1-13-7-8-19(18(9-13)25-21(28)16-5-3-4-6-17(16)23)29-11-15-10-20(27)26-14(2)12-30-22(26)24-15/h3-10,12H,11H2,1-2H3,(H,25,28). The van der Waals surface area contributed by atoms with E-state index in [-0.39, 0.29) is 18.1 Å². The second-order valence-corrected chi connectivity index (χ2v) is 8.05. The number of aromatic nitrogens is 2. The molecule has 0 fully saturated rings. The molecule has 2 aromatic heterocycles. The molecule has 0 bridgehead atoms. The Bertz CT molecular complexity index is 1310. The molecule has 2 aromatic carbocycles. The van der Waals surface area contributed by atoms with Crippen LogP contribution in [-0.4, -0.2) is 15.3 Å². The molecular weight excluding hydrogens is 422 g/mol. The highest BCUT2D eigenvalue weighted by Gasteiger charge is 2.14. The fourth-order valence-electron chi connectivity index (χ4n) is 3.03. The van der Waals surface area contributed by atoms with Crippen molar-refractivity contribution in [2.75, 3.05) is 5.32 Å². The number of hydrogen-bond acceptors (Lipinski definition) is 5. The summed E-state index contributed by atoms with van der Waals surface area (Å²) >= 11 is 7.53. The monoisotopic (exact) mass is 439 g/mol. The van der Waals surface area contributed by atoms with Crippen LogP contribution in [0.4, 0.5) is 5.69 Å². The highest BCUT2D eigenvalue weighted by molar-refractivity contribution is 7.15. The summed E-state index contributed by atoms with van der Waals surface area (Å²) in [6.45, 7) is 3.88. The Morgan fingerprint density at radius 2 is 2.00 bits per heavy atom. The third-order valence-electron chi connectivity index (χ3n) is 4.51. The van der Waals surface area contributed by atoms with E-state index in [0.717, 1.165) is 11.3 Å². The normalized spacial score (nSPS) is 10.9. The van der Waals surface area contributed by atoms with Gasteiger partial charge in [0.25, 0.3) is 11.5 Å². The van der Waals surface area contributed by atoms with Gasteiger partial charge in [-0.1, -0.05) is 29.8 Å². The Morgan fingerprint density at radius 1 is 1.20 bits per heavy atom. The zero-order chi connectivity index (χ0) is 21.3. The van der Waals surface area contributed by atoms with Crippen LogP contribution < -0.4 is 15.6 Å². The Morgan fingerprint density at radius 3 is 2.80 bits per heavy atom. The summed E-state index contributed by atoms with van der Waals surface area (Å²) in [7, 11) is 0. The van der Waals surface area contributed by atoms with Gasteiger partial charge >= 0.3 is 0 Å². The highest BCUT2D eigenvalue weighted by atomic mass is 35.5. The van der Waals surface area contributed by atoms with Crippen molar-refractivity contribution in [3.8, 4) is 5.75 Å². The summed E-state index contributed by atoms with van der Waals surface area (Å²) < 4.78 is 7.47. The number of halogens is 1. The number of nitrogens with zero attached hydrogens (tertiary/aromatic N) is 2. The summed E-state index contributed by atoms with van der Waals surface area (Å²) in [5.74, 6) is 0.147. The number of thiazole rings is 1. The number of ether oxygens (including phenoxy) is 1. The first-order valence-electron chi connectivity index (χ1n) is 9.18. The Balaban J connectivity index is 1.57. The Kier molecular flexibility index (Phi) is 5.57. The number of fused-ring (bicyclic) bond motifs is 1. The predicted molar refractivity (Wildman–Crippen MR) is 119 cm³/mol. The van der Waals surface area contributed by atoms with Gasteiger partial charge in [-0.05, 0) is 43.7 Å². The predicted octanol–water partition coefficient (Wildman–Crippen LogP) is 4.86. The topological polar surface area (TPSA) is 72.7 Å². The number of amides is 1. The minimum Gasteiger partial charge on any atom is -0.485 e. The molecular formula is C22H18ClN3O3S. The molecule has 0 saturated heterocycles. The average molecular weight is 440 g/mol. The van der Waals surface area contributed by atoms with E-state index in [0.29, 0.717) is 32.7 Å². The average Bonchev–Trinajstić information content (AvgIpc) is 3.09. The van der Waals surface area contributed by atoms with Crippen molar-refractivity contribution in [2.45, 2.75) is 20.5 Å². The molecule has 0 radical (unpaired) electrons. The molecule has 1 amide bonds. The SMILES string of the molecule is Cc1ccc(OCc2cc(=O)n3c(C)csc3n2)c(NC(=O)c2ccccc2Cl)c1. The van der Waals surface area contributed by atoms with E-state index in [1.54, 1.807) is 34.7 Å². The fourth-order valence-corrected chi connectivity index (χ4v) is 4.14. The van der Waals surface area contributed by atoms with Crippen LogP contribution in [0.3, 0.4) is 0 Å². The lowest BCUT2D eigenvalue weighted by Crippen LogP contribution is -2.16. The van der Waals surface area contributed by atoms with Gasteiger partial charge in [-0.2, -0.15) is 0 Å². The molecule has 8 heteroatoms. The van der Waals surface area contributed by atoms with Crippen LogP contribution in [0.1, 0.15) is 27.3 Å². The summed E-state index contributed by atoms with van der Waals surface area (Å²) in [6, 6.07) is 13.8. The van der Waals surface area contributed by atoms with Crippen molar-refractivity contribution in [3.63, 3.8) is 0 Å². The lowest BCUT2D eigenvalue weighted by atomic mass is 10.1. The van der Waals surface area contributed by atoms with Crippen molar-refractivity contribution in [2.24, 2.45) is 0 Å². The van der Waals surface area contributed by atoms with Gasteiger partial charge in [0.1, 0.15) is 12.4 Å². The van der Waals surface area contributed by atoms with E-state index in [1.807, 2.05) is 31.4 Å². The van der Waals surface area contributed by atoms with Crippen LogP contribution in [0.25, 0.3) is 4.96 Å². The molecule has 152 valence electrons. The van der Waals surface area contributed by atoms with E-state index in [2.05, 4.69) is 10.3 Å². The number of aryl methyl sites for hydroxylation is 2. The number of benzene rings is 2.